The first-order valence-corrected chi connectivity index (χ1v) is 12.6. The van der Waals surface area contributed by atoms with Crippen LogP contribution in [-0.4, -0.2) is 60.0 Å². The molecule has 3 aromatic carbocycles. The molecular formula is C30H27F2N3O5. The van der Waals surface area contributed by atoms with Crippen molar-refractivity contribution < 1.29 is 32.6 Å². The van der Waals surface area contributed by atoms with E-state index in [4.69, 9.17) is 14.2 Å². The Morgan fingerprint density at radius 3 is 2.17 bits per heavy atom. The lowest BCUT2D eigenvalue weighted by molar-refractivity contribution is 0.0303. The first kappa shape index (κ1) is 27.0. The van der Waals surface area contributed by atoms with E-state index >= 15 is 0 Å². The van der Waals surface area contributed by atoms with Crippen molar-refractivity contribution in [2.75, 3.05) is 33.4 Å². The van der Waals surface area contributed by atoms with Crippen molar-refractivity contribution in [1.82, 2.24) is 14.7 Å². The molecule has 0 saturated carbocycles. The van der Waals surface area contributed by atoms with Crippen molar-refractivity contribution >= 4 is 11.9 Å². The van der Waals surface area contributed by atoms with E-state index in [0.717, 1.165) is 0 Å². The molecule has 1 aromatic heterocycles. The van der Waals surface area contributed by atoms with Gasteiger partial charge in [0.1, 0.15) is 29.6 Å². The molecule has 1 amide bonds. The monoisotopic (exact) mass is 547 g/mol. The molecule has 2 heterocycles. The van der Waals surface area contributed by atoms with Crippen molar-refractivity contribution in [3.63, 3.8) is 0 Å². The minimum atomic E-state index is -0.716. The van der Waals surface area contributed by atoms with Crippen LogP contribution in [0, 0.1) is 11.6 Å². The summed E-state index contributed by atoms with van der Waals surface area (Å²) in [6, 6.07) is 12.9. The van der Waals surface area contributed by atoms with E-state index in [2.05, 4.69) is 5.10 Å². The molecule has 1 aliphatic heterocycles. The SMILES string of the molecule is COC(=O)c1cc(C(=O)N2CCOCC2)c(-c2cnn(C)c2)c(-c2ccc(F)cc2)c1OCc1ccc(F)cc1. The molecule has 0 atom stereocenters. The van der Waals surface area contributed by atoms with Gasteiger partial charge in [0.15, 0.2) is 0 Å². The summed E-state index contributed by atoms with van der Waals surface area (Å²) in [5, 5.41) is 4.30. The van der Waals surface area contributed by atoms with Crippen LogP contribution in [-0.2, 0) is 23.1 Å². The number of nitrogens with zero attached hydrogens (tertiary/aromatic N) is 3. The zero-order valence-electron chi connectivity index (χ0n) is 22.0. The Morgan fingerprint density at radius 2 is 1.57 bits per heavy atom. The normalized spacial score (nSPS) is 13.2. The summed E-state index contributed by atoms with van der Waals surface area (Å²) in [6.07, 6.45) is 3.36. The molecule has 1 aliphatic rings. The second kappa shape index (κ2) is 11.7. The number of rotatable bonds is 7. The molecule has 0 spiro atoms. The van der Waals surface area contributed by atoms with E-state index in [1.807, 2.05) is 0 Å². The number of aromatic nitrogens is 2. The van der Waals surface area contributed by atoms with Crippen molar-refractivity contribution in [2.45, 2.75) is 6.61 Å². The lowest BCUT2D eigenvalue weighted by Crippen LogP contribution is -2.41. The summed E-state index contributed by atoms with van der Waals surface area (Å²) in [7, 11) is 2.99. The van der Waals surface area contributed by atoms with Crippen LogP contribution in [0.3, 0.4) is 0 Å². The molecule has 5 rings (SSSR count). The quantitative estimate of drug-likeness (QED) is 0.307. The number of methoxy groups -OCH3 is 1. The average molecular weight is 548 g/mol. The van der Waals surface area contributed by atoms with Gasteiger partial charge in [0.2, 0.25) is 0 Å². The highest BCUT2D eigenvalue weighted by atomic mass is 19.1. The van der Waals surface area contributed by atoms with E-state index in [-0.39, 0.29) is 29.4 Å². The standard InChI is InChI=1S/C30H27F2N3O5/c1-34-17-21(16-33-34)26-24(29(36)35-11-13-39-14-12-35)15-25(30(37)38-2)28(27(26)20-5-9-23(32)10-6-20)40-18-19-3-7-22(31)8-4-19/h3-10,15-17H,11-14,18H2,1-2H3. The van der Waals surface area contributed by atoms with Crippen LogP contribution >= 0.6 is 0 Å². The number of hydrogen-bond donors (Lipinski definition) is 0. The summed E-state index contributed by atoms with van der Waals surface area (Å²) in [5.41, 5.74) is 2.89. The average Bonchev–Trinajstić information content (AvgIpc) is 3.42. The molecular weight excluding hydrogens is 520 g/mol. The molecule has 4 aromatic rings. The van der Waals surface area contributed by atoms with Crippen LogP contribution < -0.4 is 4.74 Å². The number of halogens is 2. The Kier molecular flexibility index (Phi) is 7.88. The largest absolute Gasteiger partial charge is 0.487 e. The van der Waals surface area contributed by atoms with E-state index in [9.17, 15) is 18.4 Å². The minimum absolute atomic E-state index is 0.0122. The second-order valence-electron chi connectivity index (χ2n) is 9.27. The highest BCUT2D eigenvalue weighted by Gasteiger charge is 2.31. The molecule has 0 radical (unpaired) electrons. The molecule has 40 heavy (non-hydrogen) atoms. The van der Waals surface area contributed by atoms with Gasteiger partial charge in [-0.2, -0.15) is 5.10 Å². The van der Waals surface area contributed by atoms with Crippen molar-refractivity contribution in [3.05, 3.63) is 95.3 Å². The Labute approximate surface area is 229 Å². The number of carbonyl (C=O) groups excluding carboxylic acids is 2. The summed E-state index contributed by atoms with van der Waals surface area (Å²) >= 11 is 0. The van der Waals surface area contributed by atoms with Crippen molar-refractivity contribution in [3.8, 4) is 28.0 Å². The lowest BCUT2D eigenvalue weighted by Gasteiger charge is -2.29. The number of aryl methyl sites for hydroxylation is 1. The number of ether oxygens (including phenoxy) is 3. The summed E-state index contributed by atoms with van der Waals surface area (Å²) in [6.45, 7) is 1.53. The third-order valence-electron chi connectivity index (χ3n) is 6.64. The number of carbonyl (C=O) groups is 2. The van der Waals surface area contributed by atoms with E-state index in [0.29, 0.717) is 54.1 Å². The van der Waals surface area contributed by atoms with Gasteiger partial charge in [0.25, 0.3) is 5.91 Å². The van der Waals surface area contributed by atoms with Crippen molar-refractivity contribution in [2.24, 2.45) is 7.05 Å². The van der Waals surface area contributed by atoms with Gasteiger partial charge < -0.3 is 19.1 Å². The molecule has 10 heteroatoms. The maximum absolute atomic E-state index is 14.0. The van der Waals surface area contributed by atoms with Crippen LogP contribution in [0.25, 0.3) is 22.3 Å². The smallest absolute Gasteiger partial charge is 0.341 e. The van der Waals surface area contributed by atoms with Crippen LogP contribution in [0.2, 0.25) is 0 Å². The van der Waals surface area contributed by atoms with Gasteiger partial charge in [0.05, 0.1) is 26.5 Å². The molecule has 1 fully saturated rings. The van der Waals surface area contributed by atoms with Crippen LogP contribution in [0.4, 0.5) is 8.78 Å². The van der Waals surface area contributed by atoms with Gasteiger partial charge >= 0.3 is 5.97 Å². The zero-order chi connectivity index (χ0) is 28.2. The first-order valence-electron chi connectivity index (χ1n) is 12.6. The van der Waals surface area contributed by atoms with Crippen molar-refractivity contribution in [1.29, 1.82) is 0 Å². The number of benzene rings is 3. The molecule has 206 valence electrons. The topological polar surface area (TPSA) is 82.9 Å². The Balaban J connectivity index is 1.79. The zero-order valence-corrected chi connectivity index (χ0v) is 22.0. The highest BCUT2D eigenvalue weighted by molar-refractivity contribution is 6.10. The molecule has 0 N–H and O–H groups in total. The molecule has 0 bridgehead atoms. The van der Waals surface area contributed by atoms with E-state index in [1.165, 1.54) is 37.4 Å². The predicted molar refractivity (Wildman–Crippen MR) is 143 cm³/mol. The van der Waals surface area contributed by atoms with E-state index < -0.39 is 17.6 Å². The fourth-order valence-corrected chi connectivity index (χ4v) is 4.66. The highest BCUT2D eigenvalue weighted by Crippen LogP contribution is 2.45. The molecule has 8 nitrogen and oxygen atoms in total. The van der Waals surface area contributed by atoms with Gasteiger partial charge in [-0.25, -0.2) is 13.6 Å². The molecule has 0 aliphatic carbocycles. The van der Waals surface area contributed by atoms with E-state index in [1.54, 1.807) is 53.3 Å². The van der Waals surface area contributed by atoms with Gasteiger partial charge in [-0.05, 0) is 41.5 Å². The Morgan fingerprint density at radius 1 is 0.925 bits per heavy atom. The number of hydrogen-bond acceptors (Lipinski definition) is 6. The summed E-state index contributed by atoms with van der Waals surface area (Å²) < 4.78 is 45.9. The summed E-state index contributed by atoms with van der Waals surface area (Å²) in [4.78, 5) is 28.8. The fourth-order valence-electron chi connectivity index (χ4n) is 4.66. The first-order chi connectivity index (χ1) is 19.4. The van der Waals surface area contributed by atoms with Crippen LogP contribution in [0.15, 0.2) is 67.0 Å². The second-order valence-corrected chi connectivity index (χ2v) is 9.27. The predicted octanol–water partition coefficient (Wildman–Crippen LogP) is 4.87. The summed E-state index contributed by atoms with van der Waals surface area (Å²) in [5.74, 6) is -1.72. The Hall–Kier alpha value is -4.57. The number of esters is 1. The van der Waals surface area contributed by atoms with Gasteiger partial charge in [0, 0.05) is 48.6 Å². The van der Waals surface area contributed by atoms with Gasteiger partial charge in [-0.3, -0.25) is 9.48 Å². The maximum Gasteiger partial charge on any atom is 0.341 e. The Bertz CT molecular complexity index is 1530. The third-order valence-corrected chi connectivity index (χ3v) is 6.64. The maximum atomic E-state index is 14.0. The number of morpholine rings is 1. The van der Waals surface area contributed by atoms with Crippen LogP contribution in [0.5, 0.6) is 5.75 Å². The lowest BCUT2D eigenvalue weighted by atomic mass is 9.87. The minimum Gasteiger partial charge on any atom is -0.487 e. The van der Waals surface area contributed by atoms with Crippen LogP contribution in [0.1, 0.15) is 26.3 Å². The molecule has 0 unspecified atom stereocenters. The third kappa shape index (κ3) is 5.57. The van der Waals surface area contributed by atoms with Gasteiger partial charge in [-0.15, -0.1) is 0 Å². The fraction of sp³-hybridized carbons (Fsp3) is 0.233. The molecule has 1 saturated heterocycles. The van der Waals surface area contributed by atoms with Gasteiger partial charge in [-0.1, -0.05) is 24.3 Å². The number of amides is 1.